The van der Waals surface area contributed by atoms with Gasteiger partial charge in [-0.1, -0.05) is 15.9 Å². The van der Waals surface area contributed by atoms with Crippen LogP contribution in [0.25, 0.3) is 5.69 Å². The summed E-state index contributed by atoms with van der Waals surface area (Å²) >= 11 is 3.43. The molecule has 0 aliphatic heterocycles. The fourth-order valence-corrected chi connectivity index (χ4v) is 2.46. The molecule has 1 aromatic heterocycles. The van der Waals surface area contributed by atoms with Gasteiger partial charge in [-0.2, -0.15) is 5.26 Å². The third-order valence-corrected chi connectivity index (χ3v) is 3.73. The van der Waals surface area contributed by atoms with Crippen LogP contribution in [-0.2, 0) is 0 Å². The minimum absolute atomic E-state index is 0.369. The summed E-state index contributed by atoms with van der Waals surface area (Å²) in [5.74, 6) is 0.975. The highest BCUT2D eigenvalue weighted by Gasteiger charge is 2.19. The Hall–Kier alpha value is -2.00. The van der Waals surface area contributed by atoms with Crippen LogP contribution >= 0.6 is 15.9 Å². The van der Waals surface area contributed by atoms with Gasteiger partial charge in [-0.25, -0.2) is 4.68 Å². The number of aromatic nitrogens is 2. The average Bonchev–Trinajstić information content (AvgIpc) is 2.75. The van der Waals surface area contributed by atoms with Crippen LogP contribution in [0.4, 0.5) is 11.6 Å². The molecule has 104 valence electrons. The first-order chi connectivity index (χ1) is 9.49. The van der Waals surface area contributed by atoms with Gasteiger partial charge in [-0.15, -0.1) is 5.10 Å². The summed E-state index contributed by atoms with van der Waals surface area (Å²) in [5.41, 5.74) is 8.40. The van der Waals surface area contributed by atoms with Crippen LogP contribution in [0.2, 0.25) is 0 Å². The van der Waals surface area contributed by atoms with E-state index in [1.165, 1.54) is 0 Å². The van der Waals surface area contributed by atoms with E-state index in [-0.39, 0.29) is 0 Å². The summed E-state index contributed by atoms with van der Waals surface area (Å²) in [6.45, 7) is 4.74. The minimum atomic E-state index is 0.369. The predicted molar refractivity (Wildman–Crippen MR) is 84.1 cm³/mol. The zero-order valence-corrected chi connectivity index (χ0v) is 13.3. The molecule has 5 nitrogen and oxygen atoms in total. The first kappa shape index (κ1) is 14.4. The molecule has 0 fully saturated rings. The van der Waals surface area contributed by atoms with Crippen molar-refractivity contribution in [3.63, 3.8) is 0 Å². The molecule has 2 aromatic rings. The SMILES string of the molecule is CCN(C)c1nn(-c2ccc(Br)cc2C)c(N)c1C#N. The number of hydrogen-bond acceptors (Lipinski definition) is 4. The number of nitriles is 1. The van der Waals surface area contributed by atoms with Crippen LogP contribution in [0, 0.1) is 18.3 Å². The summed E-state index contributed by atoms with van der Waals surface area (Å²) in [6, 6.07) is 7.99. The van der Waals surface area contributed by atoms with Crippen molar-refractivity contribution in [2.75, 3.05) is 24.2 Å². The van der Waals surface area contributed by atoms with Crippen molar-refractivity contribution in [3.05, 3.63) is 33.8 Å². The second-order valence-corrected chi connectivity index (χ2v) is 5.47. The molecule has 2 N–H and O–H groups in total. The molecule has 1 aromatic carbocycles. The van der Waals surface area contributed by atoms with E-state index in [4.69, 9.17) is 5.73 Å². The molecule has 20 heavy (non-hydrogen) atoms. The third kappa shape index (κ3) is 2.37. The molecule has 2 rings (SSSR count). The summed E-state index contributed by atoms with van der Waals surface area (Å²) in [6.07, 6.45) is 0. The van der Waals surface area contributed by atoms with Crippen LogP contribution in [0.15, 0.2) is 22.7 Å². The molecule has 1 heterocycles. The monoisotopic (exact) mass is 333 g/mol. The van der Waals surface area contributed by atoms with E-state index in [1.54, 1.807) is 4.68 Å². The van der Waals surface area contributed by atoms with Crippen molar-refractivity contribution < 1.29 is 0 Å². The van der Waals surface area contributed by atoms with Gasteiger partial charge in [-0.05, 0) is 37.6 Å². The van der Waals surface area contributed by atoms with E-state index in [1.807, 2.05) is 44.0 Å². The Morgan fingerprint density at radius 3 is 2.75 bits per heavy atom. The summed E-state index contributed by atoms with van der Waals surface area (Å²) in [7, 11) is 1.89. The van der Waals surface area contributed by atoms with Crippen LogP contribution in [0.3, 0.4) is 0 Å². The molecule has 0 saturated carbocycles. The van der Waals surface area contributed by atoms with E-state index in [0.717, 1.165) is 22.3 Å². The highest BCUT2D eigenvalue weighted by Crippen LogP contribution is 2.28. The molecule has 0 bridgehead atoms. The number of rotatable bonds is 3. The Bertz CT molecular complexity index is 684. The maximum atomic E-state index is 9.30. The number of hydrogen-bond donors (Lipinski definition) is 1. The Balaban J connectivity index is 2.64. The summed E-state index contributed by atoms with van der Waals surface area (Å²) in [5, 5.41) is 13.8. The van der Waals surface area contributed by atoms with Crippen molar-refractivity contribution in [2.45, 2.75) is 13.8 Å². The Labute approximate surface area is 126 Å². The van der Waals surface area contributed by atoms with Gasteiger partial charge in [0.2, 0.25) is 0 Å². The van der Waals surface area contributed by atoms with Gasteiger partial charge in [0, 0.05) is 18.1 Å². The summed E-state index contributed by atoms with van der Waals surface area (Å²) < 4.78 is 2.62. The Kier molecular flexibility index (Phi) is 4.00. The summed E-state index contributed by atoms with van der Waals surface area (Å²) in [4.78, 5) is 1.90. The van der Waals surface area contributed by atoms with Gasteiger partial charge in [0.05, 0.1) is 5.69 Å². The zero-order chi connectivity index (χ0) is 14.9. The lowest BCUT2D eigenvalue weighted by Gasteiger charge is -2.13. The third-order valence-electron chi connectivity index (χ3n) is 3.24. The van der Waals surface area contributed by atoms with E-state index in [2.05, 4.69) is 27.1 Å². The van der Waals surface area contributed by atoms with E-state index < -0.39 is 0 Å². The lowest BCUT2D eigenvalue weighted by molar-refractivity contribution is 0.847. The van der Waals surface area contributed by atoms with Crippen LogP contribution in [-0.4, -0.2) is 23.4 Å². The molecule has 0 spiro atoms. The van der Waals surface area contributed by atoms with Gasteiger partial charge in [-0.3, -0.25) is 0 Å². The average molecular weight is 334 g/mol. The van der Waals surface area contributed by atoms with Crippen molar-refractivity contribution in [1.82, 2.24) is 9.78 Å². The number of nitrogens with two attached hydrogens (primary N) is 1. The molecular formula is C14H16BrN5. The molecule has 0 amide bonds. The van der Waals surface area contributed by atoms with Gasteiger partial charge in [0.1, 0.15) is 17.5 Å². The predicted octanol–water partition coefficient (Wildman–Crippen LogP) is 2.85. The minimum Gasteiger partial charge on any atom is -0.382 e. The molecule has 0 aliphatic carbocycles. The first-order valence-electron chi connectivity index (χ1n) is 6.25. The Morgan fingerprint density at radius 2 is 2.20 bits per heavy atom. The number of benzene rings is 1. The van der Waals surface area contributed by atoms with Crippen LogP contribution in [0.5, 0.6) is 0 Å². The van der Waals surface area contributed by atoms with Crippen molar-refractivity contribution >= 4 is 27.6 Å². The largest absolute Gasteiger partial charge is 0.382 e. The standard InChI is InChI=1S/C14H16BrN5/c1-4-19(3)14-11(8-16)13(17)20(18-14)12-6-5-10(15)7-9(12)2/h5-7H,4,17H2,1-3H3. The van der Waals surface area contributed by atoms with Crippen molar-refractivity contribution in [2.24, 2.45) is 0 Å². The zero-order valence-electron chi connectivity index (χ0n) is 11.7. The first-order valence-corrected chi connectivity index (χ1v) is 7.05. The quantitative estimate of drug-likeness (QED) is 0.937. The fraction of sp³-hybridized carbons (Fsp3) is 0.286. The number of nitrogen functional groups attached to an aromatic ring is 1. The highest BCUT2D eigenvalue weighted by atomic mass is 79.9. The molecule has 0 atom stereocenters. The van der Waals surface area contributed by atoms with Gasteiger partial charge in [0.25, 0.3) is 0 Å². The molecule has 0 radical (unpaired) electrons. The van der Waals surface area contributed by atoms with Crippen molar-refractivity contribution in [1.29, 1.82) is 5.26 Å². The Morgan fingerprint density at radius 1 is 1.50 bits per heavy atom. The topological polar surface area (TPSA) is 70.9 Å². The molecule has 0 saturated heterocycles. The fourth-order valence-electron chi connectivity index (χ4n) is 1.98. The number of anilines is 2. The highest BCUT2D eigenvalue weighted by molar-refractivity contribution is 9.10. The van der Waals surface area contributed by atoms with E-state index in [9.17, 15) is 5.26 Å². The molecule has 6 heteroatoms. The van der Waals surface area contributed by atoms with Crippen LogP contribution < -0.4 is 10.6 Å². The van der Waals surface area contributed by atoms with E-state index >= 15 is 0 Å². The maximum absolute atomic E-state index is 9.30. The van der Waals surface area contributed by atoms with Crippen LogP contribution in [0.1, 0.15) is 18.1 Å². The molecule has 0 aliphatic rings. The normalized spacial score (nSPS) is 10.3. The second kappa shape index (κ2) is 5.55. The van der Waals surface area contributed by atoms with Crippen molar-refractivity contribution in [3.8, 4) is 11.8 Å². The molecular weight excluding hydrogens is 318 g/mol. The number of aryl methyl sites for hydroxylation is 1. The maximum Gasteiger partial charge on any atom is 0.171 e. The van der Waals surface area contributed by atoms with Gasteiger partial charge >= 0.3 is 0 Å². The number of nitrogens with zero attached hydrogens (tertiary/aromatic N) is 4. The lowest BCUT2D eigenvalue weighted by Crippen LogP contribution is -2.17. The van der Waals surface area contributed by atoms with E-state index in [0.29, 0.717) is 17.2 Å². The lowest BCUT2D eigenvalue weighted by atomic mass is 10.2. The van der Waals surface area contributed by atoms with Gasteiger partial charge in [0.15, 0.2) is 5.82 Å². The second-order valence-electron chi connectivity index (χ2n) is 4.55. The smallest absolute Gasteiger partial charge is 0.171 e. The number of halogens is 1. The van der Waals surface area contributed by atoms with Gasteiger partial charge < -0.3 is 10.6 Å². The molecule has 0 unspecified atom stereocenters.